The average molecular weight is 404 g/mol. The maximum Gasteiger partial charge on any atom is 0.436 e. The third-order valence-electron chi connectivity index (χ3n) is 3.29. The van der Waals surface area contributed by atoms with Gasteiger partial charge in [-0.1, -0.05) is 12.2 Å². The van der Waals surface area contributed by atoms with Crippen LogP contribution in [0.3, 0.4) is 0 Å². The van der Waals surface area contributed by atoms with E-state index in [0.717, 1.165) is 24.6 Å². The van der Waals surface area contributed by atoms with Gasteiger partial charge < -0.3 is 10.4 Å². The van der Waals surface area contributed by atoms with E-state index in [1.165, 1.54) is 0 Å². The van der Waals surface area contributed by atoms with Crippen LogP contribution in [0.5, 0.6) is 0 Å². The van der Waals surface area contributed by atoms with Crippen LogP contribution in [0.1, 0.15) is 23.0 Å². The minimum Gasteiger partial charge on any atom is -0.477 e. The van der Waals surface area contributed by atoms with Crippen molar-refractivity contribution in [1.82, 2.24) is 14.8 Å². The maximum absolute atomic E-state index is 13.3. The zero-order valence-electron chi connectivity index (χ0n) is 14.2. The van der Waals surface area contributed by atoms with Crippen molar-refractivity contribution in [2.45, 2.75) is 18.0 Å². The summed E-state index contributed by atoms with van der Waals surface area (Å²) >= 11 is 0. The molecule has 0 amide bonds. The van der Waals surface area contributed by atoms with E-state index < -0.39 is 39.1 Å². The standard InChI is InChI=1S/C15H15F3N4O4S/c1-8(2)6-20-13-11(14(23)24)12(15(16,17)18)21-22(13)10-5-4-9(7-19-10)27(3,25)26/h4-5,7,20H,1,6H2,2-3H3,(H,23,24). The number of nitrogens with one attached hydrogen (secondary N) is 1. The van der Waals surface area contributed by atoms with Gasteiger partial charge in [0.05, 0.1) is 4.90 Å². The molecule has 146 valence electrons. The molecule has 12 heteroatoms. The van der Waals surface area contributed by atoms with Crippen molar-refractivity contribution in [2.24, 2.45) is 0 Å². The Balaban J connectivity index is 2.70. The Morgan fingerprint density at radius 2 is 2.00 bits per heavy atom. The van der Waals surface area contributed by atoms with Gasteiger partial charge in [0.1, 0.15) is 11.4 Å². The summed E-state index contributed by atoms with van der Waals surface area (Å²) in [5, 5.41) is 15.2. The fourth-order valence-electron chi connectivity index (χ4n) is 2.10. The Morgan fingerprint density at radius 1 is 1.37 bits per heavy atom. The zero-order valence-corrected chi connectivity index (χ0v) is 15.0. The lowest BCUT2D eigenvalue weighted by Crippen LogP contribution is -2.14. The Labute approximate surface area is 152 Å². The number of rotatable bonds is 6. The Kier molecular flexibility index (Phi) is 5.31. The molecule has 0 bridgehead atoms. The number of anilines is 1. The van der Waals surface area contributed by atoms with Crippen molar-refractivity contribution in [1.29, 1.82) is 0 Å². The second-order valence-electron chi connectivity index (χ2n) is 5.72. The van der Waals surface area contributed by atoms with Crippen LogP contribution in [-0.2, 0) is 16.0 Å². The van der Waals surface area contributed by atoms with Crippen molar-refractivity contribution >= 4 is 21.6 Å². The van der Waals surface area contributed by atoms with E-state index in [-0.39, 0.29) is 17.3 Å². The maximum atomic E-state index is 13.3. The summed E-state index contributed by atoms with van der Waals surface area (Å²) in [6, 6.07) is 2.26. The summed E-state index contributed by atoms with van der Waals surface area (Å²) < 4.78 is 63.4. The molecule has 0 atom stereocenters. The number of aromatic nitrogens is 3. The number of hydrogen-bond donors (Lipinski definition) is 2. The van der Waals surface area contributed by atoms with Crippen molar-refractivity contribution in [3.05, 3.63) is 41.7 Å². The highest BCUT2D eigenvalue weighted by molar-refractivity contribution is 7.90. The minimum absolute atomic E-state index is 0.00923. The van der Waals surface area contributed by atoms with E-state index in [0.29, 0.717) is 10.3 Å². The molecule has 8 nitrogen and oxygen atoms in total. The van der Waals surface area contributed by atoms with E-state index >= 15 is 0 Å². The van der Waals surface area contributed by atoms with Crippen molar-refractivity contribution in [3.63, 3.8) is 0 Å². The van der Waals surface area contributed by atoms with Gasteiger partial charge in [0.25, 0.3) is 0 Å². The monoisotopic (exact) mass is 404 g/mol. The number of hydrogen-bond acceptors (Lipinski definition) is 6. The molecule has 0 saturated heterocycles. The number of alkyl halides is 3. The second-order valence-corrected chi connectivity index (χ2v) is 7.74. The summed E-state index contributed by atoms with van der Waals surface area (Å²) in [4.78, 5) is 15.1. The molecule has 2 aromatic rings. The molecular weight excluding hydrogens is 389 g/mol. The molecule has 0 unspecified atom stereocenters. The first-order chi connectivity index (χ1) is 12.3. The quantitative estimate of drug-likeness (QED) is 0.711. The zero-order chi connectivity index (χ0) is 20.6. The molecule has 2 N–H and O–H groups in total. The van der Waals surface area contributed by atoms with Crippen LogP contribution < -0.4 is 5.32 Å². The largest absolute Gasteiger partial charge is 0.477 e. The van der Waals surface area contributed by atoms with Gasteiger partial charge in [-0.15, -0.1) is 0 Å². The van der Waals surface area contributed by atoms with Gasteiger partial charge in [-0.05, 0) is 19.1 Å². The van der Waals surface area contributed by atoms with Gasteiger partial charge in [-0.2, -0.15) is 23.0 Å². The number of carboxylic acids is 1. The van der Waals surface area contributed by atoms with Crippen molar-refractivity contribution < 1.29 is 31.5 Å². The fraction of sp³-hybridized carbons (Fsp3) is 0.267. The molecule has 0 fully saturated rings. The Bertz CT molecular complexity index is 995. The number of aromatic carboxylic acids is 1. The SMILES string of the molecule is C=C(C)CNc1c(C(=O)O)c(C(F)(F)F)nn1-c1ccc(S(C)(=O)=O)cn1. The third-order valence-corrected chi connectivity index (χ3v) is 4.39. The van der Waals surface area contributed by atoms with Crippen LogP contribution in [0.4, 0.5) is 19.0 Å². The van der Waals surface area contributed by atoms with Gasteiger partial charge in [0.15, 0.2) is 21.3 Å². The summed E-state index contributed by atoms with van der Waals surface area (Å²) in [5.41, 5.74) is -2.14. The van der Waals surface area contributed by atoms with Crippen molar-refractivity contribution in [3.8, 4) is 5.82 Å². The fourth-order valence-corrected chi connectivity index (χ4v) is 2.66. The first-order valence-electron chi connectivity index (χ1n) is 7.30. The molecule has 0 aliphatic carbocycles. The van der Waals surface area contributed by atoms with Crippen LogP contribution in [0.25, 0.3) is 5.82 Å². The normalized spacial score (nSPS) is 12.0. The molecule has 2 aromatic heterocycles. The van der Waals surface area contributed by atoms with Gasteiger partial charge in [0.2, 0.25) is 0 Å². The highest BCUT2D eigenvalue weighted by atomic mass is 32.2. The van der Waals surface area contributed by atoms with E-state index in [1.807, 2.05) is 0 Å². The van der Waals surface area contributed by atoms with Crippen LogP contribution in [0.2, 0.25) is 0 Å². The summed E-state index contributed by atoms with van der Waals surface area (Å²) in [7, 11) is -3.57. The Hall–Kier alpha value is -2.89. The lowest BCUT2D eigenvalue weighted by Gasteiger charge is -2.10. The molecule has 0 radical (unpaired) electrons. The third kappa shape index (κ3) is 4.45. The van der Waals surface area contributed by atoms with Crippen LogP contribution in [-0.4, -0.2) is 47.1 Å². The summed E-state index contributed by atoms with van der Waals surface area (Å²) in [5.74, 6) is -2.47. The number of halogens is 3. The first kappa shape index (κ1) is 20.4. The number of sulfone groups is 1. The predicted octanol–water partition coefficient (Wildman–Crippen LogP) is 2.38. The first-order valence-corrected chi connectivity index (χ1v) is 9.19. The Morgan fingerprint density at radius 3 is 2.41 bits per heavy atom. The molecule has 27 heavy (non-hydrogen) atoms. The van der Waals surface area contributed by atoms with Gasteiger partial charge in [-0.3, -0.25) is 0 Å². The number of pyridine rings is 1. The molecule has 0 spiro atoms. The summed E-state index contributed by atoms with van der Waals surface area (Å²) in [6.07, 6.45) is -3.13. The van der Waals surface area contributed by atoms with Crippen LogP contribution >= 0.6 is 0 Å². The second kappa shape index (κ2) is 7.02. The predicted molar refractivity (Wildman–Crippen MR) is 89.7 cm³/mol. The lowest BCUT2D eigenvalue weighted by molar-refractivity contribution is -0.141. The molecule has 0 aliphatic heterocycles. The van der Waals surface area contributed by atoms with E-state index in [9.17, 15) is 31.5 Å². The van der Waals surface area contributed by atoms with Gasteiger partial charge >= 0.3 is 12.1 Å². The highest BCUT2D eigenvalue weighted by Crippen LogP contribution is 2.35. The topological polar surface area (TPSA) is 114 Å². The minimum atomic E-state index is -5.02. The smallest absolute Gasteiger partial charge is 0.436 e. The number of nitrogens with zero attached hydrogens (tertiary/aromatic N) is 3. The van der Waals surface area contributed by atoms with E-state index in [1.54, 1.807) is 6.92 Å². The van der Waals surface area contributed by atoms with E-state index in [2.05, 4.69) is 22.0 Å². The summed E-state index contributed by atoms with van der Waals surface area (Å²) in [6.45, 7) is 5.18. The van der Waals surface area contributed by atoms with Crippen LogP contribution in [0, 0.1) is 0 Å². The van der Waals surface area contributed by atoms with Crippen molar-refractivity contribution in [2.75, 3.05) is 18.1 Å². The molecule has 0 saturated carbocycles. The number of carbonyl (C=O) groups is 1. The molecular formula is C15H15F3N4O4S. The average Bonchev–Trinajstić information content (AvgIpc) is 2.92. The molecule has 0 aliphatic rings. The highest BCUT2D eigenvalue weighted by Gasteiger charge is 2.42. The lowest BCUT2D eigenvalue weighted by atomic mass is 10.2. The van der Waals surface area contributed by atoms with Gasteiger partial charge in [-0.25, -0.2) is 18.2 Å². The van der Waals surface area contributed by atoms with E-state index in [4.69, 9.17) is 0 Å². The molecule has 2 rings (SSSR count). The van der Waals surface area contributed by atoms with Crippen LogP contribution in [0.15, 0.2) is 35.4 Å². The van der Waals surface area contributed by atoms with Gasteiger partial charge in [0, 0.05) is 19.0 Å². The molecule has 0 aromatic carbocycles. The molecule has 2 heterocycles. The number of carboxylic acid groups (broad SMARTS) is 1.